The molecule has 224 valence electrons. The molecule has 0 bridgehead atoms. The predicted molar refractivity (Wildman–Crippen MR) is 151 cm³/mol. The summed E-state index contributed by atoms with van der Waals surface area (Å²) >= 11 is 0. The lowest BCUT2D eigenvalue weighted by Crippen LogP contribution is -2.59. The van der Waals surface area contributed by atoms with Gasteiger partial charge in [-0.25, -0.2) is 0 Å². The van der Waals surface area contributed by atoms with Crippen molar-refractivity contribution in [1.29, 1.82) is 0 Å². The second-order valence-electron chi connectivity index (χ2n) is 10.8. The molecule has 0 spiro atoms. The standard InChI is InChI=1S/C29H40N4O8/c1-14(2)21(27(39)30-13-17-9-7-11-19(34)24(17)36)32-29(41)23(16(5)6)33-28(40)22(15(3)4)31-26(38)18-10-8-12-20(35)25(18)37/h7-12,14-16,21-23,34-37H,13H2,1-6H3,(H,30,39)(H,31,38)(H,32,41)(H,33,40)/t21-,22-,23-/m0/s1. The molecule has 2 aromatic carbocycles. The number of hydrogen-bond donors (Lipinski definition) is 8. The molecule has 0 unspecified atom stereocenters. The maximum atomic E-state index is 13.3. The fraction of sp³-hybridized carbons (Fsp3) is 0.448. The van der Waals surface area contributed by atoms with Gasteiger partial charge in [0, 0.05) is 12.1 Å². The summed E-state index contributed by atoms with van der Waals surface area (Å²) in [7, 11) is 0. The van der Waals surface area contributed by atoms with Crippen molar-refractivity contribution in [2.45, 2.75) is 66.2 Å². The van der Waals surface area contributed by atoms with Crippen molar-refractivity contribution < 1.29 is 39.6 Å². The van der Waals surface area contributed by atoms with Crippen LogP contribution in [0.3, 0.4) is 0 Å². The van der Waals surface area contributed by atoms with Crippen molar-refractivity contribution in [1.82, 2.24) is 21.3 Å². The zero-order valence-electron chi connectivity index (χ0n) is 24.1. The largest absolute Gasteiger partial charge is 0.504 e. The Labute approximate surface area is 239 Å². The highest BCUT2D eigenvalue weighted by Crippen LogP contribution is 2.29. The number of phenolic OH excluding ortho intramolecular Hbond substituents is 4. The fourth-order valence-corrected chi connectivity index (χ4v) is 4.04. The number of carbonyl (C=O) groups is 4. The van der Waals surface area contributed by atoms with Crippen LogP contribution >= 0.6 is 0 Å². The van der Waals surface area contributed by atoms with E-state index in [4.69, 9.17) is 0 Å². The second kappa shape index (κ2) is 14.2. The molecule has 0 fully saturated rings. The molecule has 2 aromatic rings. The van der Waals surface area contributed by atoms with Crippen molar-refractivity contribution in [2.24, 2.45) is 17.8 Å². The molecule has 12 heteroatoms. The molecule has 0 saturated heterocycles. The van der Waals surface area contributed by atoms with Gasteiger partial charge in [-0.3, -0.25) is 19.2 Å². The lowest BCUT2D eigenvalue weighted by atomic mass is 9.97. The van der Waals surface area contributed by atoms with Crippen molar-refractivity contribution >= 4 is 23.6 Å². The zero-order chi connectivity index (χ0) is 31.0. The molecule has 41 heavy (non-hydrogen) atoms. The summed E-state index contributed by atoms with van der Waals surface area (Å²) in [6, 6.07) is 5.13. The molecule has 2 rings (SSSR count). The van der Waals surface area contributed by atoms with Crippen molar-refractivity contribution in [3.63, 3.8) is 0 Å². The predicted octanol–water partition coefficient (Wildman–Crippen LogP) is 1.86. The second-order valence-corrected chi connectivity index (χ2v) is 10.8. The van der Waals surface area contributed by atoms with Gasteiger partial charge in [-0.1, -0.05) is 59.7 Å². The van der Waals surface area contributed by atoms with E-state index in [-0.39, 0.29) is 29.5 Å². The van der Waals surface area contributed by atoms with Gasteiger partial charge in [0.15, 0.2) is 23.0 Å². The highest BCUT2D eigenvalue weighted by molar-refractivity contribution is 6.01. The Morgan fingerprint density at radius 1 is 0.610 bits per heavy atom. The number of rotatable bonds is 12. The molecule has 4 amide bonds. The van der Waals surface area contributed by atoms with Crippen LogP contribution in [0.5, 0.6) is 23.0 Å². The summed E-state index contributed by atoms with van der Waals surface area (Å²) in [6.07, 6.45) is 0. The number of amides is 4. The van der Waals surface area contributed by atoms with E-state index in [1.807, 2.05) is 0 Å². The third-order valence-corrected chi connectivity index (χ3v) is 6.54. The van der Waals surface area contributed by atoms with E-state index < -0.39 is 65.1 Å². The lowest BCUT2D eigenvalue weighted by Gasteiger charge is -2.29. The minimum atomic E-state index is -1.09. The summed E-state index contributed by atoms with van der Waals surface area (Å²) in [5.74, 6) is -5.48. The van der Waals surface area contributed by atoms with Gasteiger partial charge in [0.1, 0.15) is 18.1 Å². The third kappa shape index (κ3) is 8.50. The van der Waals surface area contributed by atoms with Gasteiger partial charge in [-0.15, -0.1) is 0 Å². The van der Waals surface area contributed by atoms with Crippen molar-refractivity contribution in [3.8, 4) is 23.0 Å². The molecule has 12 nitrogen and oxygen atoms in total. The van der Waals surface area contributed by atoms with Crippen LogP contribution in [0.1, 0.15) is 57.5 Å². The summed E-state index contributed by atoms with van der Waals surface area (Å²) in [5, 5.41) is 49.9. The highest BCUT2D eigenvalue weighted by atomic mass is 16.3. The monoisotopic (exact) mass is 572 g/mol. The average molecular weight is 573 g/mol. The van der Waals surface area contributed by atoms with Crippen LogP contribution < -0.4 is 21.3 Å². The molecule has 0 saturated carbocycles. The van der Waals surface area contributed by atoms with E-state index in [9.17, 15) is 39.6 Å². The number of benzene rings is 2. The van der Waals surface area contributed by atoms with E-state index in [0.717, 1.165) is 0 Å². The van der Waals surface area contributed by atoms with Gasteiger partial charge in [0.05, 0.1) is 5.56 Å². The van der Waals surface area contributed by atoms with Gasteiger partial charge in [0.25, 0.3) is 5.91 Å². The van der Waals surface area contributed by atoms with Crippen LogP contribution in [-0.2, 0) is 20.9 Å². The van der Waals surface area contributed by atoms with Crippen LogP contribution in [0, 0.1) is 17.8 Å². The molecule has 0 aliphatic rings. The first-order chi connectivity index (χ1) is 19.1. The van der Waals surface area contributed by atoms with Gasteiger partial charge in [-0.2, -0.15) is 0 Å². The molecular formula is C29H40N4O8. The number of phenols is 4. The first kappa shape index (κ1) is 32.7. The molecule has 0 aromatic heterocycles. The third-order valence-electron chi connectivity index (χ3n) is 6.54. The Balaban J connectivity index is 2.14. The molecule has 3 atom stereocenters. The van der Waals surface area contributed by atoms with Crippen molar-refractivity contribution in [2.75, 3.05) is 0 Å². The Morgan fingerprint density at radius 2 is 1.05 bits per heavy atom. The number of hydrogen-bond acceptors (Lipinski definition) is 8. The van der Waals surface area contributed by atoms with Gasteiger partial charge < -0.3 is 41.7 Å². The van der Waals surface area contributed by atoms with E-state index in [2.05, 4.69) is 21.3 Å². The van der Waals surface area contributed by atoms with Gasteiger partial charge in [-0.05, 0) is 36.0 Å². The number of aromatic hydroxyl groups is 4. The van der Waals surface area contributed by atoms with Gasteiger partial charge >= 0.3 is 0 Å². The Bertz CT molecular complexity index is 1260. The first-order valence-electron chi connectivity index (χ1n) is 13.4. The van der Waals surface area contributed by atoms with Crippen LogP contribution in [-0.4, -0.2) is 62.2 Å². The SMILES string of the molecule is CC(C)[C@H](NC(=O)c1cccc(O)c1O)C(=O)N[C@H](C(=O)N[C@H](C(=O)NCc1cccc(O)c1O)C(C)C)C(C)C. The molecular weight excluding hydrogens is 532 g/mol. The molecule has 0 aliphatic carbocycles. The Hall–Kier alpha value is -4.48. The van der Waals surface area contributed by atoms with Crippen LogP contribution in [0.2, 0.25) is 0 Å². The summed E-state index contributed by atoms with van der Waals surface area (Å²) in [5.41, 5.74) is 0.0757. The van der Waals surface area contributed by atoms with E-state index in [1.165, 1.54) is 36.4 Å². The minimum Gasteiger partial charge on any atom is -0.504 e. The van der Waals surface area contributed by atoms with Crippen LogP contribution in [0.4, 0.5) is 0 Å². The number of para-hydroxylation sites is 2. The molecule has 8 N–H and O–H groups in total. The minimum absolute atomic E-state index is 0.0903. The maximum absolute atomic E-state index is 13.3. The smallest absolute Gasteiger partial charge is 0.255 e. The van der Waals surface area contributed by atoms with E-state index >= 15 is 0 Å². The van der Waals surface area contributed by atoms with Crippen LogP contribution in [0.15, 0.2) is 36.4 Å². The fourth-order valence-electron chi connectivity index (χ4n) is 4.04. The quantitative estimate of drug-likeness (QED) is 0.176. The van der Waals surface area contributed by atoms with Crippen LogP contribution in [0.25, 0.3) is 0 Å². The maximum Gasteiger partial charge on any atom is 0.255 e. The van der Waals surface area contributed by atoms with E-state index in [1.54, 1.807) is 41.5 Å². The zero-order valence-corrected chi connectivity index (χ0v) is 24.1. The number of nitrogens with one attached hydrogen (secondary N) is 4. The van der Waals surface area contributed by atoms with Crippen molar-refractivity contribution in [3.05, 3.63) is 47.5 Å². The Morgan fingerprint density at radius 3 is 1.56 bits per heavy atom. The number of carbonyl (C=O) groups excluding carboxylic acids is 4. The lowest BCUT2D eigenvalue weighted by molar-refractivity contribution is -0.134. The van der Waals surface area contributed by atoms with Gasteiger partial charge in [0.2, 0.25) is 17.7 Å². The summed E-state index contributed by atoms with van der Waals surface area (Å²) < 4.78 is 0. The first-order valence-corrected chi connectivity index (χ1v) is 13.4. The summed E-state index contributed by atoms with van der Waals surface area (Å²) in [6.45, 7) is 10.2. The molecule has 0 radical (unpaired) electrons. The van der Waals surface area contributed by atoms with E-state index in [0.29, 0.717) is 5.56 Å². The molecule has 0 aliphatic heterocycles. The topological polar surface area (TPSA) is 197 Å². The Kier molecular flexibility index (Phi) is 11.4. The summed E-state index contributed by atoms with van der Waals surface area (Å²) in [4.78, 5) is 52.3. The average Bonchev–Trinajstić information content (AvgIpc) is 2.90. The normalized spacial score (nSPS) is 13.4. The molecule has 0 heterocycles. The highest BCUT2D eigenvalue weighted by Gasteiger charge is 2.33.